The fourth-order valence-electron chi connectivity index (χ4n) is 4.63. The Labute approximate surface area is 139 Å². The summed E-state index contributed by atoms with van der Waals surface area (Å²) in [5, 5.41) is 10.2. The fraction of sp³-hybridized carbons (Fsp3) is 0.650. The Hall–Kier alpha value is -1.35. The molecule has 0 saturated carbocycles. The zero-order chi connectivity index (χ0) is 16.4. The van der Waals surface area contributed by atoms with Crippen LogP contribution in [0.1, 0.15) is 51.5 Å². The van der Waals surface area contributed by atoms with Gasteiger partial charge in [-0.05, 0) is 43.6 Å². The van der Waals surface area contributed by atoms with Crippen molar-refractivity contribution in [1.82, 2.24) is 4.90 Å². The van der Waals surface area contributed by atoms with Crippen LogP contribution in [-0.4, -0.2) is 34.6 Å². The van der Waals surface area contributed by atoms with E-state index in [9.17, 15) is 9.90 Å². The molecule has 23 heavy (non-hydrogen) atoms. The van der Waals surface area contributed by atoms with Crippen LogP contribution in [0.15, 0.2) is 30.3 Å². The van der Waals surface area contributed by atoms with Gasteiger partial charge >= 0.3 is 0 Å². The maximum Gasteiger partial charge on any atom is 0.223 e. The number of amides is 1. The normalized spacial score (nSPS) is 29.5. The predicted octanol–water partition coefficient (Wildman–Crippen LogP) is 3.41. The van der Waals surface area contributed by atoms with Crippen molar-refractivity contribution in [3.8, 4) is 0 Å². The van der Waals surface area contributed by atoms with Crippen molar-refractivity contribution < 1.29 is 9.90 Å². The second kappa shape index (κ2) is 6.64. The molecule has 2 bridgehead atoms. The van der Waals surface area contributed by atoms with Crippen molar-refractivity contribution in [1.29, 1.82) is 0 Å². The number of aliphatic hydroxyl groups excluding tert-OH is 1. The number of aliphatic hydroxyl groups is 1. The highest BCUT2D eigenvalue weighted by molar-refractivity contribution is 5.78. The average Bonchev–Trinajstić information content (AvgIpc) is 3.09. The summed E-state index contributed by atoms with van der Waals surface area (Å²) in [4.78, 5) is 14.9. The summed E-state index contributed by atoms with van der Waals surface area (Å²) in [5.74, 6) is 0.862. The van der Waals surface area contributed by atoms with Crippen LogP contribution in [-0.2, 0) is 11.2 Å². The largest absolute Gasteiger partial charge is 0.396 e. The van der Waals surface area contributed by atoms with Crippen LogP contribution in [0.5, 0.6) is 0 Å². The van der Waals surface area contributed by atoms with Gasteiger partial charge in [-0.25, -0.2) is 0 Å². The number of benzene rings is 1. The van der Waals surface area contributed by atoms with Gasteiger partial charge in [-0.15, -0.1) is 0 Å². The topological polar surface area (TPSA) is 40.5 Å². The zero-order valence-corrected chi connectivity index (χ0v) is 14.4. The van der Waals surface area contributed by atoms with Crippen LogP contribution < -0.4 is 0 Å². The van der Waals surface area contributed by atoms with Crippen LogP contribution in [0.2, 0.25) is 0 Å². The van der Waals surface area contributed by atoms with E-state index in [2.05, 4.69) is 43.0 Å². The maximum atomic E-state index is 12.7. The van der Waals surface area contributed by atoms with Crippen molar-refractivity contribution in [2.24, 2.45) is 11.3 Å². The highest BCUT2D eigenvalue weighted by Gasteiger charge is 2.56. The molecule has 3 heteroatoms. The molecule has 0 aliphatic carbocycles. The number of hydrogen-bond acceptors (Lipinski definition) is 2. The van der Waals surface area contributed by atoms with E-state index in [0.717, 1.165) is 32.1 Å². The third-order valence-electron chi connectivity index (χ3n) is 5.79. The third kappa shape index (κ3) is 3.16. The molecule has 2 aliphatic heterocycles. The van der Waals surface area contributed by atoms with Gasteiger partial charge in [0.05, 0.1) is 6.61 Å². The molecule has 1 aromatic rings. The molecule has 126 valence electrons. The van der Waals surface area contributed by atoms with Crippen LogP contribution >= 0.6 is 0 Å². The molecule has 2 aliphatic rings. The quantitative estimate of drug-likeness (QED) is 0.874. The number of rotatable bonds is 6. The first kappa shape index (κ1) is 16.5. The molecule has 1 N–H and O–H groups in total. The first-order valence-electron chi connectivity index (χ1n) is 9.02. The van der Waals surface area contributed by atoms with Crippen LogP contribution in [0.4, 0.5) is 0 Å². The Morgan fingerprint density at radius 1 is 1.30 bits per heavy atom. The van der Waals surface area contributed by atoms with E-state index in [1.54, 1.807) is 0 Å². The van der Waals surface area contributed by atoms with Crippen LogP contribution in [0.25, 0.3) is 0 Å². The van der Waals surface area contributed by atoms with Gasteiger partial charge in [0, 0.05) is 23.9 Å². The van der Waals surface area contributed by atoms with Gasteiger partial charge in [0.15, 0.2) is 0 Å². The molecule has 0 unspecified atom stereocenters. The standard InChI is InChI=1S/C20H29NO2/c1-15(2)8-11-19(23)21-17-9-10-18(21)20(13-17,14-22)12-16-6-4-3-5-7-16/h3-7,15,17-18,22H,8-14H2,1-2H3/t17-,18+,20-/m0/s1. The van der Waals surface area contributed by atoms with Crippen molar-refractivity contribution in [2.45, 2.75) is 64.5 Å². The van der Waals surface area contributed by atoms with Gasteiger partial charge < -0.3 is 10.0 Å². The SMILES string of the molecule is CC(C)CCC(=O)N1[C@H]2CC[C@@H]1[C@@](CO)(Cc1ccccc1)C2. The Kier molecular flexibility index (Phi) is 4.77. The van der Waals surface area contributed by atoms with E-state index in [1.165, 1.54) is 5.56 Å². The molecule has 0 radical (unpaired) electrons. The predicted molar refractivity (Wildman–Crippen MR) is 92.0 cm³/mol. The van der Waals surface area contributed by atoms with Gasteiger partial charge in [0.1, 0.15) is 0 Å². The van der Waals surface area contributed by atoms with E-state index in [4.69, 9.17) is 0 Å². The molecule has 3 rings (SSSR count). The summed E-state index contributed by atoms with van der Waals surface area (Å²) in [5.41, 5.74) is 1.13. The highest BCUT2D eigenvalue weighted by atomic mass is 16.3. The van der Waals surface area contributed by atoms with Gasteiger partial charge in [-0.3, -0.25) is 4.79 Å². The Bertz CT molecular complexity index is 542. The minimum atomic E-state index is -0.141. The van der Waals surface area contributed by atoms with Gasteiger partial charge in [0.2, 0.25) is 5.91 Å². The van der Waals surface area contributed by atoms with Crippen molar-refractivity contribution in [3.63, 3.8) is 0 Å². The van der Waals surface area contributed by atoms with Gasteiger partial charge in [0.25, 0.3) is 0 Å². The van der Waals surface area contributed by atoms with E-state index < -0.39 is 0 Å². The minimum Gasteiger partial charge on any atom is -0.396 e. The Balaban J connectivity index is 1.75. The molecule has 2 heterocycles. The Morgan fingerprint density at radius 2 is 2.04 bits per heavy atom. The van der Waals surface area contributed by atoms with E-state index in [1.807, 2.05) is 6.07 Å². The lowest BCUT2D eigenvalue weighted by Crippen LogP contribution is -2.43. The van der Waals surface area contributed by atoms with Gasteiger partial charge in [-0.2, -0.15) is 0 Å². The van der Waals surface area contributed by atoms with Crippen molar-refractivity contribution in [2.75, 3.05) is 6.61 Å². The summed E-state index contributed by atoms with van der Waals surface area (Å²) in [6.45, 7) is 4.51. The van der Waals surface area contributed by atoms with E-state index in [-0.39, 0.29) is 18.1 Å². The molecule has 3 nitrogen and oxygen atoms in total. The lowest BCUT2D eigenvalue weighted by molar-refractivity contribution is -0.133. The van der Waals surface area contributed by atoms with Crippen LogP contribution in [0.3, 0.4) is 0 Å². The molecule has 2 saturated heterocycles. The molecule has 3 atom stereocenters. The summed E-state index contributed by atoms with van der Waals surface area (Å²) >= 11 is 0. The molecular weight excluding hydrogens is 286 g/mol. The molecule has 1 amide bonds. The lowest BCUT2D eigenvalue weighted by Gasteiger charge is -2.36. The fourth-order valence-corrected chi connectivity index (χ4v) is 4.63. The highest BCUT2D eigenvalue weighted by Crippen LogP contribution is 2.51. The first-order valence-corrected chi connectivity index (χ1v) is 9.02. The summed E-state index contributed by atoms with van der Waals surface area (Å²) in [6, 6.07) is 11.0. The van der Waals surface area contributed by atoms with Crippen molar-refractivity contribution >= 4 is 5.91 Å². The number of nitrogens with zero attached hydrogens (tertiary/aromatic N) is 1. The first-order chi connectivity index (χ1) is 11.1. The number of carbonyl (C=O) groups excluding carboxylic acids is 1. The van der Waals surface area contributed by atoms with Gasteiger partial charge in [-0.1, -0.05) is 44.2 Å². The summed E-state index contributed by atoms with van der Waals surface area (Å²) < 4.78 is 0. The van der Waals surface area contributed by atoms with E-state index >= 15 is 0 Å². The zero-order valence-electron chi connectivity index (χ0n) is 14.4. The van der Waals surface area contributed by atoms with Crippen LogP contribution in [0, 0.1) is 11.3 Å². The van der Waals surface area contributed by atoms with Crippen molar-refractivity contribution in [3.05, 3.63) is 35.9 Å². The molecule has 0 aromatic heterocycles. The number of carbonyl (C=O) groups is 1. The lowest BCUT2D eigenvalue weighted by atomic mass is 9.70. The Morgan fingerprint density at radius 3 is 2.70 bits per heavy atom. The average molecular weight is 315 g/mol. The second-order valence-corrected chi connectivity index (χ2v) is 7.87. The number of hydrogen-bond donors (Lipinski definition) is 1. The third-order valence-corrected chi connectivity index (χ3v) is 5.79. The summed E-state index contributed by atoms with van der Waals surface area (Å²) in [7, 11) is 0. The summed E-state index contributed by atoms with van der Waals surface area (Å²) in [6.07, 6.45) is 5.59. The number of fused-ring (bicyclic) bond motifs is 2. The monoisotopic (exact) mass is 315 g/mol. The second-order valence-electron chi connectivity index (χ2n) is 7.87. The minimum absolute atomic E-state index is 0.141. The molecule has 0 spiro atoms. The smallest absolute Gasteiger partial charge is 0.223 e. The molecule has 2 fully saturated rings. The van der Waals surface area contributed by atoms with E-state index in [0.29, 0.717) is 24.3 Å². The maximum absolute atomic E-state index is 12.7. The molecular formula is C20H29NO2. The molecule has 1 aromatic carbocycles.